The van der Waals surface area contributed by atoms with Gasteiger partial charge in [0, 0.05) is 10.7 Å². The van der Waals surface area contributed by atoms with E-state index in [1.54, 1.807) is 55.5 Å². The van der Waals surface area contributed by atoms with Crippen LogP contribution >= 0.6 is 27.5 Å². The first-order valence-electron chi connectivity index (χ1n) is 11.2. The van der Waals surface area contributed by atoms with E-state index in [4.69, 9.17) is 21.1 Å². The van der Waals surface area contributed by atoms with Crippen molar-refractivity contribution in [2.45, 2.75) is 6.92 Å². The van der Waals surface area contributed by atoms with E-state index in [0.717, 1.165) is 10.8 Å². The van der Waals surface area contributed by atoms with Gasteiger partial charge in [-0.1, -0.05) is 48.0 Å². The number of carbonyl (C=O) groups is 2. The average molecular weight is 576 g/mol. The number of fused-ring (bicyclic) bond motifs is 1. The molecule has 4 aromatic carbocycles. The standard InChI is InChI=1S/C29H20BrClN2O4/c1-2-36-26-16-18(14-20(17-32)28(34)33-22-12-10-21(31)11-13-22)15-25(30)27(26)37-29(35)24-9-5-7-19-6-3-4-8-23(19)24/h3-16H,2H2,1H3,(H,33,34)/b20-14+. The Balaban J connectivity index is 1.63. The van der Waals surface area contributed by atoms with Crippen molar-refractivity contribution >= 4 is 61.9 Å². The summed E-state index contributed by atoms with van der Waals surface area (Å²) in [5.41, 5.74) is 1.30. The third-order valence-electron chi connectivity index (χ3n) is 5.31. The first-order valence-corrected chi connectivity index (χ1v) is 12.4. The second kappa shape index (κ2) is 11.7. The van der Waals surface area contributed by atoms with E-state index in [-0.39, 0.29) is 17.1 Å². The zero-order chi connectivity index (χ0) is 26.4. The normalized spacial score (nSPS) is 11.0. The number of ether oxygens (including phenoxy) is 2. The number of amides is 1. The molecule has 0 aliphatic carbocycles. The topological polar surface area (TPSA) is 88.4 Å². The molecule has 0 aliphatic rings. The highest BCUT2D eigenvalue weighted by Gasteiger charge is 2.19. The molecule has 6 nitrogen and oxygen atoms in total. The molecule has 37 heavy (non-hydrogen) atoms. The first-order chi connectivity index (χ1) is 17.9. The van der Waals surface area contributed by atoms with E-state index >= 15 is 0 Å². The van der Waals surface area contributed by atoms with Crippen LogP contribution in [0.2, 0.25) is 5.02 Å². The number of nitrogens with zero attached hydrogens (tertiary/aromatic N) is 1. The van der Waals surface area contributed by atoms with Crippen molar-refractivity contribution in [3.8, 4) is 17.6 Å². The van der Waals surface area contributed by atoms with Crippen LogP contribution in [0.3, 0.4) is 0 Å². The predicted octanol–water partition coefficient (Wildman–Crippen LogP) is 7.42. The van der Waals surface area contributed by atoms with Crippen molar-refractivity contribution in [1.82, 2.24) is 0 Å². The Morgan fingerprint density at radius 1 is 1.05 bits per heavy atom. The molecule has 0 radical (unpaired) electrons. The summed E-state index contributed by atoms with van der Waals surface area (Å²) in [6, 6.07) is 24.7. The van der Waals surface area contributed by atoms with Crippen LogP contribution in [0.1, 0.15) is 22.8 Å². The number of carbonyl (C=O) groups excluding carboxylic acids is 2. The molecule has 0 fully saturated rings. The van der Waals surface area contributed by atoms with Gasteiger partial charge in [0.25, 0.3) is 5.91 Å². The highest BCUT2D eigenvalue weighted by Crippen LogP contribution is 2.38. The van der Waals surface area contributed by atoms with E-state index < -0.39 is 11.9 Å². The fourth-order valence-corrected chi connectivity index (χ4v) is 4.30. The molecule has 4 aromatic rings. The van der Waals surface area contributed by atoms with Crippen molar-refractivity contribution in [1.29, 1.82) is 5.26 Å². The van der Waals surface area contributed by atoms with E-state index in [1.165, 1.54) is 6.08 Å². The van der Waals surface area contributed by atoms with Gasteiger partial charge in [-0.05, 0) is 87.7 Å². The molecular formula is C29H20BrClN2O4. The van der Waals surface area contributed by atoms with Gasteiger partial charge in [0.15, 0.2) is 11.5 Å². The van der Waals surface area contributed by atoms with Crippen LogP contribution in [0, 0.1) is 11.3 Å². The Morgan fingerprint density at radius 3 is 2.51 bits per heavy atom. The number of hydrogen-bond acceptors (Lipinski definition) is 5. The Labute approximate surface area is 227 Å². The van der Waals surface area contributed by atoms with Crippen LogP contribution in [-0.2, 0) is 4.79 Å². The molecule has 0 heterocycles. The van der Waals surface area contributed by atoms with E-state index in [9.17, 15) is 14.9 Å². The number of benzene rings is 4. The molecule has 0 spiro atoms. The summed E-state index contributed by atoms with van der Waals surface area (Å²) in [5.74, 6) is -0.639. The molecule has 0 saturated heterocycles. The van der Waals surface area contributed by atoms with Gasteiger partial charge in [0.1, 0.15) is 11.6 Å². The number of hydrogen-bond donors (Lipinski definition) is 1. The molecule has 0 aromatic heterocycles. The molecule has 1 amide bonds. The predicted molar refractivity (Wildman–Crippen MR) is 148 cm³/mol. The van der Waals surface area contributed by atoms with Gasteiger partial charge in [-0.3, -0.25) is 4.79 Å². The molecule has 0 bridgehead atoms. The molecule has 0 saturated carbocycles. The van der Waals surface area contributed by atoms with Gasteiger partial charge in [-0.2, -0.15) is 5.26 Å². The Hall–Kier alpha value is -4.12. The van der Waals surface area contributed by atoms with Gasteiger partial charge in [0.2, 0.25) is 0 Å². The number of nitrogens with one attached hydrogen (secondary N) is 1. The van der Waals surface area contributed by atoms with Crippen LogP contribution in [0.15, 0.2) is 88.9 Å². The maximum absolute atomic E-state index is 13.1. The van der Waals surface area contributed by atoms with E-state index in [0.29, 0.717) is 32.9 Å². The zero-order valence-electron chi connectivity index (χ0n) is 19.6. The van der Waals surface area contributed by atoms with Crippen molar-refractivity contribution < 1.29 is 19.1 Å². The Morgan fingerprint density at radius 2 is 1.78 bits per heavy atom. The SMILES string of the molecule is CCOc1cc(/C=C(\C#N)C(=O)Nc2ccc(Cl)cc2)cc(Br)c1OC(=O)c1cccc2ccccc12. The van der Waals surface area contributed by atoms with Crippen molar-refractivity contribution in [3.05, 3.63) is 105 Å². The lowest BCUT2D eigenvalue weighted by Gasteiger charge is -2.14. The summed E-state index contributed by atoms with van der Waals surface area (Å²) in [6.07, 6.45) is 1.43. The maximum atomic E-state index is 13.1. The van der Waals surface area contributed by atoms with Gasteiger partial charge < -0.3 is 14.8 Å². The third kappa shape index (κ3) is 6.18. The first kappa shape index (κ1) is 26.0. The Kier molecular flexibility index (Phi) is 8.24. The number of nitriles is 1. The molecule has 0 atom stereocenters. The smallest absolute Gasteiger partial charge is 0.344 e. The lowest BCUT2D eigenvalue weighted by Crippen LogP contribution is -2.13. The molecule has 1 N–H and O–H groups in total. The summed E-state index contributed by atoms with van der Waals surface area (Å²) in [4.78, 5) is 25.8. The average Bonchev–Trinajstić information content (AvgIpc) is 2.90. The molecular weight excluding hydrogens is 556 g/mol. The van der Waals surface area contributed by atoms with Crippen LogP contribution in [0.5, 0.6) is 11.5 Å². The number of esters is 1. The van der Waals surface area contributed by atoms with Gasteiger partial charge in [0.05, 0.1) is 16.6 Å². The summed E-state index contributed by atoms with van der Waals surface area (Å²) < 4.78 is 11.9. The highest BCUT2D eigenvalue weighted by molar-refractivity contribution is 9.10. The lowest BCUT2D eigenvalue weighted by molar-refractivity contribution is -0.112. The lowest BCUT2D eigenvalue weighted by atomic mass is 10.0. The molecule has 4 rings (SSSR count). The summed E-state index contributed by atoms with van der Waals surface area (Å²) >= 11 is 9.33. The molecule has 184 valence electrons. The van der Waals surface area contributed by atoms with Crippen LogP contribution in [0.4, 0.5) is 5.69 Å². The van der Waals surface area contributed by atoms with Gasteiger partial charge >= 0.3 is 5.97 Å². The fraction of sp³-hybridized carbons (Fsp3) is 0.0690. The quantitative estimate of drug-likeness (QED) is 0.107. The molecule has 0 unspecified atom stereocenters. The summed E-state index contributed by atoms with van der Waals surface area (Å²) in [5, 5.41) is 14.5. The zero-order valence-corrected chi connectivity index (χ0v) is 22.0. The van der Waals surface area contributed by atoms with E-state index in [2.05, 4.69) is 21.2 Å². The maximum Gasteiger partial charge on any atom is 0.344 e. The number of anilines is 1. The van der Waals surface area contributed by atoms with Crippen LogP contribution in [-0.4, -0.2) is 18.5 Å². The summed E-state index contributed by atoms with van der Waals surface area (Å²) in [6.45, 7) is 2.10. The van der Waals surface area contributed by atoms with Crippen molar-refractivity contribution in [3.63, 3.8) is 0 Å². The third-order valence-corrected chi connectivity index (χ3v) is 6.16. The van der Waals surface area contributed by atoms with Crippen molar-refractivity contribution in [2.24, 2.45) is 0 Å². The molecule has 8 heteroatoms. The number of halogens is 2. The minimum atomic E-state index is -0.578. The second-order valence-corrected chi connectivity index (χ2v) is 9.10. The van der Waals surface area contributed by atoms with E-state index in [1.807, 2.05) is 36.4 Å². The summed E-state index contributed by atoms with van der Waals surface area (Å²) in [7, 11) is 0. The van der Waals surface area contributed by atoms with Crippen LogP contribution < -0.4 is 14.8 Å². The van der Waals surface area contributed by atoms with Crippen LogP contribution in [0.25, 0.3) is 16.8 Å². The van der Waals surface area contributed by atoms with Gasteiger partial charge in [-0.25, -0.2) is 4.79 Å². The largest absolute Gasteiger partial charge is 0.490 e. The minimum Gasteiger partial charge on any atom is -0.490 e. The van der Waals surface area contributed by atoms with Crippen molar-refractivity contribution in [2.75, 3.05) is 11.9 Å². The minimum absolute atomic E-state index is 0.121. The monoisotopic (exact) mass is 574 g/mol. The Bertz CT molecular complexity index is 1550. The second-order valence-electron chi connectivity index (χ2n) is 7.81. The fourth-order valence-electron chi connectivity index (χ4n) is 3.63. The highest BCUT2D eigenvalue weighted by atomic mass is 79.9. The van der Waals surface area contributed by atoms with Gasteiger partial charge in [-0.15, -0.1) is 0 Å². The molecule has 0 aliphatic heterocycles. The number of rotatable bonds is 7.